The number of nitrogens with one attached hydrogen (secondary N) is 1. The van der Waals surface area contributed by atoms with Gasteiger partial charge < -0.3 is 10.4 Å². The summed E-state index contributed by atoms with van der Waals surface area (Å²) < 4.78 is 0. The Bertz CT molecular complexity index is 629. The van der Waals surface area contributed by atoms with Gasteiger partial charge in [0.2, 0.25) is 0 Å². The molecular formula is C18H21NO2. The van der Waals surface area contributed by atoms with E-state index >= 15 is 0 Å². The molecule has 0 aliphatic heterocycles. The molecule has 0 fully saturated rings. The van der Waals surface area contributed by atoms with Gasteiger partial charge in [0.1, 0.15) is 0 Å². The average molecular weight is 283 g/mol. The minimum atomic E-state index is -0.695. The van der Waals surface area contributed by atoms with E-state index in [-0.39, 0.29) is 12.5 Å². The minimum absolute atomic E-state index is 0.141. The van der Waals surface area contributed by atoms with Crippen LogP contribution in [0.2, 0.25) is 0 Å². The number of aliphatic hydroxyl groups excluding tert-OH is 1. The largest absolute Gasteiger partial charge is 0.387 e. The lowest BCUT2D eigenvalue weighted by Crippen LogP contribution is -2.29. The first-order valence-electron chi connectivity index (χ1n) is 7.08. The van der Waals surface area contributed by atoms with Crippen LogP contribution in [0.5, 0.6) is 0 Å². The van der Waals surface area contributed by atoms with E-state index in [0.717, 1.165) is 22.3 Å². The number of amides is 1. The molecule has 2 aromatic carbocycles. The summed E-state index contributed by atoms with van der Waals surface area (Å²) in [6, 6.07) is 13.4. The third-order valence-corrected chi connectivity index (χ3v) is 3.71. The molecule has 1 atom stereocenters. The van der Waals surface area contributed by atoms with Crippen LogP contribution in [0.25, 0.3) is 0 Å². The maximum Gasteiger partial charge on any atom is 0.251 e. The van der Waals surface area contributed by atoms with Gasteiger partial charge in [-0.2, -0.15) is 0 Å². The van der Waals surface area contributed by atoms with E-state index < -0.39 is 6.10 Å². The van der Waals surface area contributed by atoms with E-state index in [1.807, 2.05) is 63.2 Å². The molecule has 1 amide bonds. The van der Waals surface area contributed by atoms with Crippen LogP contribution in [0.15, 0.2) is 42.5 Å². The lowest BCUT2D eigenvalue weighted by molar-refractivity contribution is 0.0914. The highest BCUT2D eigenvalue weighted by Crippen LogP contribution is 2.17. The topological polar surface area (TPSA) is 49.3 Å². The normalized spacial score (nSPS) is 12.0. The summed E-state index contributed by atoms with van der Waals surface area (Å²) in [4.78, 5) is 12.3. The predicted octanol–water partition coefficient (Wildman–Crippen LogP) is 3.08. The predicted molar refractivity (Wildman–Crippen MR) is 84.4 cm³/mol. The van der Waals surface area contributed by atoms with Crippen LogP contribution in [-0.2, 0) is 0 Å². The smallest absolute Gasteiger partial charge is 0.251 e. The van der Waals surface area contributed by atoms with Crippen LogP contribution < -0.4 is 5.32 Å². The van der Waals surface area contributed by atoms with Gasteiger partial charge in [-0.3, -0.25) is 4.79 Å². The molecule has 3 nitrogen and oxygen atoms in total. The first-order valence-corrected chi connectivity index (χ1v) is 7.08. The van der Waals surface area contributed by atoms with E-state index in [1.54, 1.807) is 0 Å². The lowest BCUT2D eigenvalue weighted by Gasteiger charge is -2.16. The molecule has 0 aliphatic rings. The molecular weight excluding hydrogens is 262 g/mol. The van der Waals surface area contributed by atoms with Crippen LogP contribution >= 0.6 is 0 Å². The monoisotopic (exact) mass is 283 g/mol. The number of rotatable bonds is 4. The molecule has 2 rings (SSSR count). The first-order chi connectivity index (χ1) is 10.0. The Morgan fingerprint density at radius 2 is 1.57 bits per heavy atom. The van der Waals surface area contributed by atoms with Crippen molar-refractivity contribution in [2.45, 2.75) is 26.9 Å². The molecule has 0 spiro atoms. The maximum absolute atomic E-state index is 12.3. The zero-order valence-electron chi connectivity index (χ0n) is 12.7. The molecule has 0 radical (unpaired) electrons. The molecule has 110 valence electrons. The van der Waals surface area contributed by atoms with E-state index in [2.05, 4.69) is 5.32 Å². The Hall–Kier alpha value is -2.13. The second kappa shape index (κ2) is 6.55. The zero-order chi connectivity index (χ0) is 15.4. The highest BCUT2D eigenvalue weighted by atomic mass is 16.3. The van der Waals surface area contributed by atoms with Gasteiger partial charge in [-0.05, 0) is 43.0 Å². The first kappa shape index (κ1) is 15.3. The molecule has 0 heterocycles. The third-order valence-electron chi connectivity index (χ3n) is 3.71. The maximum atomic E-state index is 12.3. The zero-order valence-corrected chi connectivity index (χ0v) is 12.7. The number of aliphatic hydroxyl groups is 1. The number of carbonyl (C=O) groups excluding carboxylic acids is 1. The molecule has 0 saturated heterocycles. The molecule has 2 N–H and O–H groups in total. The van der Waals surface area contributed by atoms with E-state index in [9.17, 15) is 9.90 Å². The van der Waals surface area contributed by atoms with Gasteiger partial charge in [0.05, 0.1) is 6.10 Å². The standard InChI is InChI=1S/C18H21NO2/c1-12-7-4-5-10-15(12)16(20)11-19-18(21)17-13(2)8-6-9-14(17)3/h4-10,16,20H,11H2,1-3H3,(H,19,21). The molecule has 3 heteroatoms. The van der Waals surface area contributed by atoms with Gasteiger partial charge in [0.15, 0.2) is 0 Å². The van der Waals surface area contributed by atoms with Crippen LogP contribution in [0.1, 0.15) is 38.7 Å². The van der Waals surface area contributed by atoms with Crippen molar-refractivity contribution in [3.8, 4) is 0 Å². The fourth-order valence-electron chi connectivity index (χ4n) is 2.52. The lowest BCUT2D eigenvalue weighted by atomic mass is 10.0. The van der Waals surface area contributed by atoms with Gasteiger partial charge >= 0.3 is 0 Å². The highest BCUT2D eigenvalue weighted by molar-refractivity contribution is 5.97. The van der Waals surface area contributed by atoms with E-state index in [1.165, 1.54) is 0 Å². The number of hydrogen-bond donors (Lipinski definition) is 2. The molecule has 0 aliphatic carbocycles. The number of aryl methyl sites for hydroxylation is 3. The van der Waals surface area contributed by atoms with Gasteiger partial charge in [-0.15, -0.1) is 0 Å². The SMILES string of the molecule is Cc1ccccc1C(O)CNC(=O)c1c(C)cccc1C. The Morgan fingerprint density at radius 1 is 1.00 bits per heavy atom. The summed E-state index contributed by atoms with van der Waals surface area (Å²) >= 11 is 0. The van der Waals surface area contributed by atoms with E-state index in [4.69, 9.17) is 0 Å². The molecule has 1 unspecified atom stereocenters. The summed E-state index contributed by atoms with van der Waals surface area (Å²) in [5, 5.41) is 13.0. The Labute approximate surface area is 125 Å². The van der Waals surface area contributed by atoms with Gasteiger partial charge in [0.25, 0.3) is 5.91 Å². The van der Waals surface area contributed by atoms with Crippen molar-refractivity contribution >= 4 is 5.91 Å². The highest BCUT2D eigenvalue weighted by Gasteiger charge is 2.15. The molecule has 21 heavy (non-hydrogen) atoms. The van der Waals surface area contributed by atoms with Gasteiger partial charge in [-0.25, -0.2) is 0 Å². The average Bonchev–Trinajstić information content (AvgIpc) is 2.45. The fraction of sp³-hybridized carbons (Fsp3) is 0.278. The van der Waals surface area contributed by atoms with Crippen molar-refractivity contribution in [3.63, 3.8) is 0 Å². The Morgan fingerprint density at radius 3 is 2.19 bits per heavy atom. The quantitative estimate of drug-likeness (QED) is 0.906. The second-order valence-electron chi connectivity index (χ2n) is 5.35. The van der Waals surface area contributed by atoms with Crippen molar-refractivity contribution in [1.82, 2.24) is 5.32 Å². The number of benzene rings is 2. The van der Waals surface area contributed by atoms with Crippen molar-refractivity contribution in [2.24, 2.45) is 0 Å². The van der Waals surface area contributed by atoms with Crippen molar-refractivity contribution in [1.29, 1.82) is 0 Å². The van der Waals surface area contributed by atoms with Gasteiger partial charge in [-0.1, -0.05) is 42.5 Å². The molecule has 2 aromatic rings. The van der Waals surface area contributed by atoms with Crippen LogP contribution in [0, 0.1) is 20.8 Å². The van der Waals surface area contributed by atoms with Crippen LogP contribution in [0.4, 0.5) is 0 Å². The molecule has 0 bridgehead atoms. The molecule has 0 aromatic heterocycles. The van der Waals surface area contributed by atoms with Crippen molar-refractivity contribution in [3.05, 3.63) is 70.3 Å². The number of carbonyl (C=O) groups is 1. The summed E-state index contributed by atoms with van der Waals surface area (Å²) in [6.45, 7) is 5.99. The molecule has 0 saturated carbocycles. The minimum Gasteiger partial charge on any atom is -0.387 e. The van der Waals surface area contributed by atoms with Crippen molar-refractivity contribution in [2.75, 3.05) is 6.54 Å². The fourth-order valence-corrected chi connectivity index (χ4v) is 2.52. The summed E-state index contributed by atoms with van der Waals surface area (Å²) in [5.41, 5.74) is 4.44. The van der Waals surface area contributed by atoms with Crippen LogP contribution in [0.3, 0.4) is 0 Å². The summed E-state index contributed by atoms with van der Waals surface area (Å²) in [5.74, 6) is -0.141. The van der Waals surface area contributed by atoms with E-state index in [0.29, 0.717) is 5.56 Å². The number of hydrogen-bond acceptors (Lipinski definition) is 2. The van der Waals surface area contributed by atoms with Gasteiger partial charge in [0, 0.05) is 12.1 Å². The third kappa shape index (κ3) is 3.50. The summed E-state index contributed by atoms with van der Waals surface area (Å²) in [6.07, 6.45) is -0.695. The second-order valence-corrected chi connectivity index (χ2v) is 5.35. The Kier molecular flexibility index (Phi) is 4.76. The van der Waals surface area contributed by atoms with Crippen LogP contribution in [-0.4, -0.2) is 17.6 Å². The Balaban J connectivity index is 2.06. The van der Waals surface area contributed by atoms with Crippen molar-refractivity contribution < 1.29 is 9.90 Å². The summed E-state index contributed by atoms with van der Waals surface area (Å²) in [7, 11) is 0.